The third-order valence-corrected chi connectivity index (χ3v) is 7.40. The van der Waals surface area contributed by atoms with E-state index in [1.807, 2.05) is 29.6 Å². The number of benzene rings is 2. The molecule has 170 valence electrons. The third-order valence-electron chi connectivity index (χ3n) is 5.48. The highest BCUT2D eigenvalue weighted by Gasteiger charge is 2.17. The van der Waals surface area contributed by atoms with Crippen molar-refractivity contribution in [3.63, 3.8) is 0 Å². The lowest BCUT2D eigenvalue weighted by atomic mass is 10.1. The topological polar surface area (TPSA) is 104 Å². The van der Waals surface area contributed by atoms with Gasteiger partial charge in [-0.3, -0.25) is 9.36 Å². The van der Waals surface area contributed by atoms with Crippen molar-refractivity contribution in [2.75, 3.05) is 6.79 Å². The van der Waals surface area contributed by atoms with Crippen molar-refractivity contribution in [1.29, 1.82) is 0 Å². The van der Waals surface area contributed by atoms with Gasteiger partial charge in [0.05, 0.1) is 12.1 Å². The Hall–Kier alpha value is -3.76. The Morgan fingerprint density at radius 2 is 1.94 bits per heavy atom. The zero-order valence-corrected chi connectivity index (χ0v) is 19.1. The Bertz CT molecular complexity index is 1690. The quantitative estimate of drug-likeness (QED) is 0.220. The molecule has 1 aliphatic rings. The van der Waals surface area contributed by atoms with E-state index >= 15 is 0 Å². The first-order valence-corrected chi connectivity index (χ1v) is 12.2. The average molecular weight is 493 g/mol. The van der Waals surface area contributed by atoms with E-state index in [-0.39, 0.29) is 18.1 Å². The lowest BCUT2D eigenvalue weighted by molar-refractivity contribution is 0.174. The van der Waals surface area contributed by atoms with E-state index in [1.54, 1.807) is 16.7 Å². The van der Waals surface area contributed by atoms with Crippen molar-refractivity contribution in [3.05, 3.63) is 85.8 Å². The number of hydrogen-bond donors (Lipinski definition) is 1. The Morgan fingerprint density at radius 3 is 2.85 bits per heavy atom. The molecule has 0 saturated heterocycles. The Kier molecular flexibility index (Phi) is 5.04. The van der Waals surface area contributed by atoms with Crippen molar-refractivity contribution in [3.8, 4) is 17.2 Å². The van der Waals surface area contributed by atoms with Crippen LogP contribution in [-0.4, -0.2) is 21.5 Å². The predicted octanol–water partition coefficient (Wildman–Crippen LogP) is 4.34. The first kappa shape index (κ1) is 20.8. The maximum atomic E-state index is 13.3. The highest BCUT2D eigenvalue weighted by molar-refractivity contribution is 7.98. The number of phenolic OH excluding ortho intramolecular Hbond substituents is 1. The molecule has 6 rings (SSSR count). The zero-order valence-electron chi connectivity index (χ0n) is 17.5. The van der Waals surface area contributed by atoms with Crippen LogP contribution in [0.25, 0.3) is 21.2 Å². The maximum absolute atomic E-state index is 13.3. The minimum absolute atomic E-state index is 0.0163. The summed E-state index contributed by atoms with van der Waals surface area (Å²) >= 11 is 2.72. The first-order chi connectivity index (χ1) is 16.5. The zero-order chi connectivity index (χ0) is 23.2. The molecule has 8 nitrogen and oxygen atoms in total. The molecule has 3 aromatic heterocycles. The van der Waals surface area contributed by atoms with Crippen LogP contribution in [0.3, 0.4) is 0 Å². The van der Waals surface area contributed by atoms with Crippen LogP contribution in [0.4, 0.5) is 0 Å². The number of thioether (sulfide) groups is 1. The number of fused-ring (bicyclic) bond motifs is 3. The van der Waals surface area contributed by atoms with E-state index in [0.717, 1.165) is 11.1 Å². The van der Waals surface area contributed by atoms with Crippen molar-refractivity contribution in [1.82, 2.24) is 9.55 Å². The van der Waals surface area contributed by atoms with Crippen molar-refractivity contribution in [2.24, 2.45) is 0 Å². The molecule has 0 amide bonds. The normalized spacial score (nSPS) is 12.6. The number of rotatable bonds is 5. The van der Waals surface area contributed by atoms with Crippen molar-refractivity contribution < 1.29 is 19.0 Å². The van der Waals surface area contributed by atoms with Crippen LogP contribution in [0, 0.1) is 0 Å². The van der Waals surface area contributed by atoms with Crippen LogP contribution in [0.1, 0.15) is 11.1 Å². The van der Waals surface area contributed by atoms with Gasteiger partial charge in [-0.15, -0.1) is 11.3 Å². The summed E-state index contributed by atoms with van der Waals surface area (Å²) in [5.74, 6) is 1.73. The molecular formula is C24H16N2O6S2. The van der Waals surface area contributed by atoms with Crippen LogP contribution >= 0.6 is 23.1 Å². The highest BCUT2D eigenvalue weighted by Crippen LogP contribution is 2.33. The Balaban J connectivity index is 1.39. The van der Waals surface area contributed by atoms with Gasteiger partial charge in [0.15, 0.2) is 16.7 Å². The second-order valence-electron chi connectivity index (χ2n) is 7.67. The van der Waals surface area contributed by atoms with Crippen molar-refractivity contribution >= 4 is 44.3 Å². The Labute approximate surface area is 200 Å². The molecule has 34 heavy (non-hydrogen) atoms. The third kappa shape index (κ3) is 3.70. The molecule has 0 unspecified atom stereocenters. The average Bonchev–Trinajstić information content (AvgIpc) is 3.48. The molecule has 0 fully saturated rings. The summed E-state index contributed by atoms with van der Waals surface area (Å²) in [6, 6.07) is 13.5. The summed E-state index contributed by atoms with van der Waals surface area (Å²) in [4.78, 5) is 30.1. The molecule has 1 aliphatic heterocycles. The van der Waals surface area contributed by atoms with E-state index < -0.39 is 5.63 Å². The van der Waals surface area contributed by atoms with Crippen LogP contribution in [0.5, 0.6) is 17.2 Å². The number of phenols is 1. The minimum Gasteiger partial charge on any atom is -0.508 e. The number of aromatic nitrogens is 2. The van der Waals surface area contributed by atoms with Crippen LogP contribution in [0.15, 0.2) is 73.1 Å². The molecular weight excluding hydrogens is 476 g/mol. The second kappa shape index (κ2) is 8.23. The fourth-order valence-corrected chi connectivity index (χ4v) is 5.64. The minimum atomic E-state index is -0.507. The van der Waals surface area contributed by atoms with Gasteiger partial charge in [0.1, 0.15) is 16.0 Å². The molecule has 0 radical (unpaired) electrons. The molecule has 2 aromatic carbocycles. The second-order valence-corrected chi connectivity index (χ2v) is 9.53. The van der Waals surface area contributed by atoms with E-state index in [1.165, 1.54) is 35.2 Å². The van der Waals surface area contributed by atoms with Crippen LogP contribution in [-0.2, 0) is 12.3 Å². The van der Waals surface area contributed by atoms with E-state index in [4.69, 9.17) is 18.9 Å². The summed E-state index contributed by atoms with van der Waals surface area (Å²) in [7, 11) is 0. The summed E-state index contributed by atoms with van der Waals surface area (Å²) in [6.45, 7) is 0.490. The van der Waals surface area contributed by atoms with Crippen molar-refractivity contribution in [2.45, 2.75) is 17.5 Å². The van der Waals surface area contributed by atoms with Gasteiger partial charge >= 0.3 is 5.63 Å². The van der Waals surface area contributed by atoms with E-state index in [0.29, 0.717) is 50.1 Å². The van der Waals surface area contributed by atoms with Gasteiger partial charge in [-0.1, -0.05) is 17.8 Å². The first-order valence-electron chi connectivity index (χ1n) is 10.3. The van der Waals surface area contributed by atoms with Crippen LogP contribution < -0.4 is 20.7 Å². The molecule has 4 heterocycles. The van der Waals surface area contributed by atoms with Gasteiger partial charge in [-0.2, -0.15) is 0 Å². The van der Waals surface area contributed by atoms with E-state index in [9.17, 15) is 14.7 Å². The molecule has 5 aromatic rings. The maximum Gasteiger partial charge on any atom is 0.336 e. The van der Waals surface area contributed by atoms with Gasteiger partial charge in [-0.25, -0.2) is 9.78 Å². The largest absolute Gasteiger partial charge is 0.508 e. The predicted molar refractivity (Wildman–Crippen MR) is 129 cm³/mol. The van der Waals surface area contributed by atoms with Gasteiger partial charge in [0, 0.05) is 23.3 Å². The fraction of sp³-hybridized carbons (Fsp3) is 0.125. The lowest BCUT2D eigenvalue weighted by Gasteiger charge is -2.13. The smallest absolute Gasteiger partial charge is 0.336 e. The molecule has 1 N–H and O–H groups in total. The monoisotopic (exact) mass is 492 g/mol. The molecule has 0 spiro atoms. The number of nitrogens with zero attached hydrogens (tertiary/aromatic N) is 2. The van der Waals surface area contributed by atoms with Gasteiger partial charge in [0.25, 0.3) is 5.56 Å². The lowest BCUT2D eigenvalue weighted by Crippen LogP contribution is -2.23. The molecule has 0 atom stereocenters. The highest BCUT2D eigenvalue weighted by atomic mass is 32.2. The number of ether oxygens (including phenoxy) is 2. The van der Waals surface area contributed by atoms with E-state index in [2.05, 4.69) is 0 Å². The fourth-order valence-electron chi connectivity index (χ4n) is 3.88. The number of aromatic hydroxyl groups is 1. The summed E-state index contributed by atoms with van der Waals surface area (Å²) in [5, 5.41) is 12.8. The molecule has 0 bridgehead atoms. The summed E-state index contributed by atoms with van der Waals surface area (Å²) in [6.07, 6.45) is 0. The summed E-state index contributed by atoms with van der Waals surface area (Å²) < 4.78 is 18.3. The number of thiophene rings is 1. The Morgan fingerprint density at radius 1 is 1.06 bits per heavy atom. The SMILES string of the molecule is O=c1cc(CSc2nc3ccsc3c(=O)n2Cc2ccc3c(c2)OCO3)c2ccc(O)cc2o1. The summed E-state index contributed by atoms with van der Waals surface area (Å²) in [5.41, 5.74) is 1.93. The van der Waals surface area contributed by atoms with Gasteiger partial charge < -0.3 is 19.0 Å². The standard InChI is InChI=1S/C24H16N2O6S2/c27-15-2-3-16-14(8-21(28)32-19(16)9-15)11-34-24-25-17-5-6-33-22(17)23(29)26(24)10-13-1-4-18-20(7-13)31-12-30-18/h1-9,27H,10-12H2. The molecule has 10 heteroatoms. The number of hydrogen-bond acceptors (Lipinski definition) is 9. The molecule has 0 aliphatic carbocycles. The van der Waals surface area contributed by atoms with Gasteiger partial charge in [-0.05, 0) is 46.8 Å². The molecule has 0 saturated carbocycles. The van der Waals surface area contributed by atoms with Gasteiger partial charge in [0.2, 0.25) is 6.79 Å². The van der Waals surface area contributed by atoms with Crippen LogP contribution in [0.2, 0.25) is 0 Å².